The Kier molecular flexibility index (Phi) is 5.54. The van der Waals surface area contributed by atoms with Crippen LogP contribution in [0.3, 0.4) is 0 Å². The van der Waals surface area contributed by atoms with Crippen molar-refractivity contribution in [3.63, 3.8) is 0 Å². The van der Waals surface area contributed by atoms with Crippen LogP contribution in [0.2, 0.25) is 0 Å². The number of nitrogens with one attached hydrogen (secondary N) is 1. The maximum Gasteiger partial charge on any atom is 0.265 e. The van der Waals surface area contributed by atoms with Crippen molar-refractivity contribution in [3.05, 3.63) is 58.4 Å². The van der Waals surface area contributed by atoms with Gasteiger partial charge in [0.15, 0.2) is 5.78 Å². The zero-order chi connectivity index (χ0) is 16.8. The molecule has 23 heavy (non-hydrogen) atoms. The smallest absolute Gasteiger partial charge is 0.265 e. The Morgan fingerprint density at radius 2 is 1.91 bits per heavy atom. The quantitative estimate of drug-likeness (QED) is 0.652. The molecule has 0 unspecified atom stereocenters. The summed E-state index contributed by atoms with van der Waals surface area (Å²) in [5.74, 6) is 0.293. The summed E-state index contributed by atoms with van der Waals surface area (Å²) in [5, 5.41) is 2.79. The largest absolute Gasteiger partial charge is 0.497 e. The molecule has 1 aromatic heterocycles. The first-order chi connectivity index (χ1) is 11.0. The highest BCUT2D eigenvalue weighted by Gasteiger charge is 2.12. The van der Waals surface area contributed by atoms with Crippen LogP contribution in [0.4, 0.5) is 5.69 Å². The van der Waals surface area contributed by atoms with E-state index in [2.05, 4.69) is 5.32 Å². The van der Waals surface area contributed by atoms with Crippen molar-refractivity contribution in [2.24, 2.45) is 0 Å². The highest BCUT2D eigenvalue weighted by molar-refractivity contribution is 7.16. The second kappa shape index (κ2) is 7.60. The third kappa shape index (κ3) is 4.69. The second-order valence-corrected chi connectivity index (χ2v) is 6.08. The van der Waals surface area contributed by atoms with E-state index in [1.165, 1.54) is 17.4 Å². The van der Waals surface area contributed by atoms with Crippen LogP contribution < -0.4 is 10.1 Å². The van der Waals surface area contributed by atoms with E-state index < -0.39 is 0 Å². The molecular weight excluding hydrogens is 312 g/mol. The summed E-state index contributed by atoms with van der Waals surface area (Å²) in [4.78, 5) is 27.0. The fraction of sp³-hybridized carbons (Fsp3) is 0.176. The van der Waals surface area contributed by atoms with Crippen LogP contribution in [0.25, 0.3) is 0 Å². The lowest BCUT2D eigenvalue weighted by atomic mass is 10.3. The number of carbonyl (C=O) groups excluding carboxylic acids is 2. The molecule has 0 aliphatic heterocycles. The summed E-state index contributed by atoms with van der Waals surface area (Å²) in [6.45, 7) is 0. The van der Waals surface area contributed by atoms with Gasteiger partial charge in [0.2, 0.25) is 0 Å². The fourth-order valence-corrected chi connectivity index (χ4v) is 2.61. The Morgan fingerprint density at radius 3 is 2.61 bits per heavy atom. The number of thiophene rings is 1. The molecule has 2 rings (SSSR count). The van der Waals surface area contributed by atoms with Crippen molar-refractivity contribution in [2.45, 2.75) is 0 Å². The van der Waals surface area contributed by atoms with Gasteiger partial charge < -0.3 is 15.0 Å². The molecule has 0 spiro atoms. The minimum Gasteiger partial charge on any atom is -0.497 e. The topological polar surface area (TPSA) is 58.6 Å². The molecule has 0 bridgehead atoms. The molecule has 6 heteroatoms. The first kappa shape index (κ1) is 16.8. The van der Waals surface area contributed by atoms with Gasteiger partial charge in [-0.1, -0.05) is 6.07 Å². The number of methoxy groups -OCH3 is 1. The lowest BCUT2D eigenvalue weighted by Gasteiger charge is -2.05. The molecule has 0 aliphatic rings. The molecule has 0 atom stereocenters. The number of hydrogen-bond donors (Lipinski definition) is 1. The van der Waals surface area contributed by atoms with E-state index in [4.69, 9.17) is 4.74 Å². The summed E-state index contributed by atoms with van der Waals surface area (Å²) in [6.07, 6.45) is 3.16. The Hall–Kier alpha value is -2.60. The monoisotopic (exact) mass is 330 g/mol. The van der Waals surface area contributed by atoms with Gasteiger partial charge in [-0.15, -0.1) is 11.3 Å². The highest BCUT2D eigenvalue weighted by Crippen LogP contribution is 2.21. The minimum atomic E-state index is -0.251. The van der Waals surface area contributed by atoms with Gasteiger partial charge in [-0.25, -0.2) is 0 Å². The zero-order valence-electron chi connectivity index (χ0n) is 13.2. The molecule has 0 saturated carbocycles. The van der Waals surface area contributed by atoms with E-state index >= 15 is 0 Å². The molecule has 5 nitrogen and oxygen atoms in total. The first-order valence-electron chi connectivity index (χ1n) is 6.94. The standard InChI is InChI=1S/C17H18N2O3S/c1-19(2)10-9-14(20)15-7-8-16(23-15)17(21)18-12-5-4-6-13(11-12)22-3/h4-11H,1-3H3,(H,18,21). The maximum absolute atomic E-state index is 12.2. The zero-order valence-corrected chi connectivity index (χ0v) is 14.0. The Morgan fingerprint density at radius 1 is 1.17 bits per heavy atom. The van der Waals surface area contributed by atoms with Gasteiger partial charge in [0, 0.05) is 38.1 Å². The number of ketones is 1. The van der Waals surface area contributed by atoms with E-state index in [0.717, 1.165) is 0 Å². The third-order valence-electron chi connectivity index (χ3n) is 2.92. The van der Waals surface area contributed by atoms with Crippen molar-refractivity contribution in [1.82, 2.24) is 4.90 Å². The van der Waals surface area contributed by atoms with Gasteiger partial charge in [-0.2, -0.15) is 0 Å². The highest BCUT2D eigenvalue weighted by atomic mass is 32.1. The number of hydrogen-bond acceptors (Lipinski definition) is 5. The molecule has 1 amide bonds. The second-order valence-electron chi connectivity index (χ2n) is 4.99. The van der Waals surface area contributed by atoms with Gasteiger partial charge >= 0.3 is 0 Å². The van der Waals surface area contributed by atoms with E-state index in [1.54, 1.807) is 54.6 Å². The molecule has 1 heterocycles. The van der Waals surface area contributed by atoms with Gasteiger partial charge in [0.25, 0.3) is 5.91 Å². The number of allylic oxidation sites excluding steroid dienone is 1. The Bertz CT molecular complexity index is 735. The molecule has 1 aromatic carbocycles. The predicted molar refractivity (Wildman–Crippen MR) is 92.4 cm³/mol. The van der Waals surface area contributed by atoms with E-state index in [0.29, 0.717) is 21.2 Å². The van der Waals surface area contributed by atoms with Crippen molar-refractivity contribution in [1.29, 1.82) is 0 Å². The Labute approximate surface area is 139 Å². The number of rotatable bonds is 6. The van der Waals surface area contributed by atoms with Crippen molar-refractivity contribution >= 4 is 28.7 Å². The van der Waals surface area contributed by atoms with Gasteiger partial charge in [-0.05, 0) is 24.3 Å². The van der Waals surface area contributed by atoms with Crippen molar-refractivity contribution < 1.29 is 14.3 Å². The van der Waals surface area contributed by atoms with E-state index in [-0.39, 0.29) is 11.7 Å². The fourth-order valence-electron chi connectivity index (χ4n) is 1.78. The molecule has 2 aromatic rings. The molecule has 120 valence electrons. The summed E-state index contributed by atoms with van der Waals surface area (Å²) >= 11 is 1.17. The molecule has 1 N–H and O–H groups in total. The van der Waals surface area contributed by atoms with Crippen molar-refractivity contribution in [2.75, 3.05) is 26.5 Å². The number of nitrogens with zero attached hydrogens (tertiary/aromatic N) is 1. The molecule has 0 aliphatic carbocycles. The van der Waals surface area contributed by atoms with Crippen LogP contribution in [0, 0.1) is 0 Å². The molecule has 0 saturated heterocycles. The van der Waals surface area contributed by atoms with Gasteiger partial charge in [-0.3, -0.25) is 9.59 Å². The molecular formula is C17H18N2O3S. The number of carbonyl (C=O) groups is 2. The number of amides is 1. The lowest BCUT2D eigenvalue weighted by Crippen LogP contribution is -2.10. The summed E-state index contributed by atoms with van der Waals surface area (Å²) in [7, 11) is 5.25. The van der Waals surface area contributed by atoms with E-state index in [9.17, 15) is 9.59 Å². The van der Waals surface area contributed by atoms with Gasteiger partial charge in [0.05, 0.1) is 16.9 Å². The Balaban J connectivity index is 2.07. The normalized spacial score (nSPS) is 10.6. The number of benzene rings is 1. The summed E-state index contributed by atoms with van der Waals surface area (Å²) in [5.41, 5.74) is 0.642. The average Bonchev–Trinajstić information content (AvgIpc) is 3.03. The first-order valence-corrected chi connectivity index (χ1v) is 7.75. The molecule has 0 fully saturated rings. The van der Waals surface area contributed by atoms with Crippen LogP contribution in [0.15, 0.2) is 48.7 Å². The SMILES string of the molecule is COc1cccc(NC(=O)c2ccc(C(=O)C=CN(C)C)s2)c1. The van der Waals surface area contributed by atoms with Crippen LogP contribution >= 0.6 is 11.3 Å². The number of ether oxygens (including phenoxy) is 1. The van der Waals surface area contributed by atoms with E-state index in [1.807, 2.05) is 14.1 Å². The van der Waals surface area contributed by atoms with Crippen LogP contribution in [-0.2, 0) is 0 Å². The van der Waals surface area contributed by atoms with Gasteiger partial charge in [0.1, 0.15) is 5.75 Å². The lowest BCUT2D eigenvalue weighted by molar-refractivity contribution is 0.102. The molecule has 0 radical (unpaired) electrons. The third-order valence-corrected chi connectivity index (χ3v) is 4.02. The summed E-state index contributed by atoms with van der Waals surface area (Å²) in [6, 6.07) is 10.4. The van der Waals surface area contributed by atoms with Crippen LogP contribution in [0.5, 0.6) is 5.75 Å². The van der Waals surface area contributed by atoms with Crippen LogP contribution in [0.1, 0.15) is 19.3 Å². The summed E-state index contributed by atoms with van der Waals surface area (Å²) < 4.78 is 5.12. The number of anilines is 1. The predicted octanol–water partition coefficient (Wildman–Crippen LogP) is 3.27. The average molecular weight is 330 g/mol. The van der Waals surface area contributed by atoms with Crippen LogP contribution in [-0.4, -0.2) is 37.8 Å². The van der Waals surface area contributed by atoms with Crippen molar-refractivity contribution in [3.8, 4) is 5.75 Å². The minimum absolute atomic E-state index is 0.121. The maximum atomic E-state index is 12.2.